The van der Waals surface area contributed by atoms with Crippen molar-refractivity contribution in [2.24, 2.45) is 0 Å². The third kappa shape index (κ3) is 4.99. The van der Waals surface area contributed by atoms with Crippen LogP contribution in [0.5, 0.6) is 0 Å². The molecule has 148 valence electrons. The fraction of sp³-hybridized carbons (Fsp3) is 0.600. The minimum Gasteiger partial charge on any atom is -0.444 e. The molecule has 2 fully saturated rings. The second-order valence-corrected chi connectivity index (χ2v) is 8.26. The first-order valence-corrected chi connectivity index (χ1v) is 9.49. The van der Waals surface area contributed by atoms with Crippen molar-refractivity contribution in [3.63, 3.8) is 0 Å². The third-order valence-electron chi connectivity index (χ3n) is 4.86. The van der Waals surface area contributed by atoms with Crippen molar-refractivity contribution >= 4 is 12.1 Å². The number of ether oxygens (including phenoxy) is 1. The lowest BCUT2D eigenvalue weighted by Crippen LogP contribution is -2.65. The number of hydroxylamine groups is 2. The third-order valence-corrected chi connectivity index (χ3v) is 4.86. The van der Waals surface area contributed by atoms with Crippen molar-refractivity contribution in [2.45, 2.75) is 45.4 Å². The molecular weight excluding hydrogens is 346 g/mol. The van der Waals surface area contributed by atoms with Crippen LogP contribution < -0.4 is 0 Å². The Labute approximate surface area is 160 Å². The fourth-order valence-electron chi connectivity index (χ4n) is 3.53. The molecule has 1 aromatic rings. The maximum absolute atomic E-state index is 12.5. The van der Waals surface area contributed by atoms with E-state index in [0.29, 0.717) is 25.2 Å². The van der Waals surface area contributed by atoms with Crippen LogP contribution >= 0.6 is 0 Å². The molecule has 2 heterocycles. The van der Waals surface area contributed by atoms with Crippen LogP contribution in [0.3, 0.4) is 0 Å². The molecule has 0 N–H and O–H groups in total. The van der Waals surface area contributed by atoms with Crippen LogP contribution in [0.15, 0.2) is 30.3 Å². The molecule has 2 atom stereocenters. The van der Waals surface area contributed by atoms with Crippen molar-refractivity contribution in [1.29, 1.82) is 0 Å². The van der Waals surface area contributed by atoms with Gasteiger partial charge in [0.2, 0.25) is 0 Å². The summed E-state index contributed by atoms with van der Waals surface area (Å²) in [5.74, 6) is -0.350. The average molecular weight is 375 g/mol. The van der Waals surface area contributed by atoms with Crippen LogP contribution in [0.1, 0.15) is 38.1 Å². The second-order valence-electron chi connectivity index (χ2n) is 8.26. The number of amides is 1. The molecule has 1 amide bonds. The topological polar surface area (TPSA) is 62.3 Å². The van der Waals surface area contributed by atoms with Crippen molar-refractivity contribution in [2.75, 3.05) is 32.7 Å². The van der Waals surface area contributed by atoms with E-state index in [1.165, 1.54) is 0 Å². The minimum atomic E-state index is -0.516. The zero-order valence-electron chi connectivity index (χ0n) is 16.6. The van der Waals surface area contributed by atoms with Crippen LogP contribution in [0.25, 0.3) is 0 Å². The van der Waals surface area contributed by atoms with E-state index in [1.807, 2.05) is 45.9 Å². The summed E-state index contributed by atoms with van der Waals surface area (Å²) in [6, 6.07) is 9.19. The Morgan fingerprint density at radius 2 is 1.74 bits per heavy atom. The van der Waals surface area contributed by atoms with Gasteiger partial charge >= 0.3 is 12.1 Å². The van der Waals surface area contributed by atoms with E-state index in [2.05, 4.69) is 4.90 Å². The van der Waals surface area contributed by atoms with Crippen molar-refractivity contribution in [3.8, 4) is 0 Å². The number of hydrogen-bond donors (Lipinski definition) is 0. The lowest BCUT2D eigenvalue weighted by atomic mass is 10.1. The largest absolute Gasteiger partial charge is 0.444 e. The van der Waals surface area contributed by atoms with Gasteiger partial charge in [-0.3, -0.25) is 4.90 Å². The molecule has 2 aliphatic rings. The average Bonchev–Trinajstić information content (AvgIpc) is 2.60. The Kier molecular flexibility index (Phi) is 5.72. The quantitative estimate of drug-likeness (QED) is 0.791. The molecule has 2 saturated heterocycles. The smallest absolute Gasteiger partial charge is 0.410 e. The van der Waals surface area contributed by atoms with Crippen molar-refractivity contribution in [3.05, 3.63) is 35.9 Å². The number of carbonyl (C=O) groups excluding carboxylic acids is 2. The zero-order chi connectivity index (χ0) is 19.6. The van der Waals surface area contributed by atoms with Crippen LogP contribution in [0.2, 0.25) is 0 Å². The number of piperazine rings is 2. The van der Waals surface area contributed by atoms with Gasteiger partial charge in [-0.1, -0.05) is 18.2 Å². The van der Waals surface area contributed by atoms with E-state index in [-0.39, 0.29) is 24.1 Å². The van der Waals surface area contributed by atoms with E-state index in [1.54, 1.807) is 22.1 Å². The number of nitrogens with zero attached hydrogens (tertiary/aromatic N) is 3. The van der Waals surface area contributed by atoms with Gasteiger partial charge in [-0.25, -0.2) is 9.59 Å². The molecule has 3 rings (SSSR count). The van der Waals surface area contributed by atoms with E-state index in [9.17, 15) is 9.59 Å². The van der Waals surface area contributed by atoms with Crippen molar-refractivity contribution < 1.29 is 19.2 Å². The standard InChI is InChI=1S/C20H29N3O4/c1-15-12-21-10-11-22(27-18(24)16-8-6-5-7-9-16)13-17(21)14-23(15)19(25)26-20(2,3)4/h5-9,15,17H,10-14H2,1-4H3/t15-,17-/m0/s1. The Balaban J connectivity index is 1.60. The molecule has 0 saturated carbocycles. The molecule has 0 aliphatic carbocycles. The number of benzene rings is 1. The molecule has 0 spiro atoms. The number of fused-ring (bicyclic) bond motifs is 1. The molecule has 7 nitrogen and oxygen atoms in total. The predicted molar refractivity (Wildman–Crippen MR) is 101 cm³/mol. The van der Waals surface area contributed by atoms with Gasteiger partial charge in [0.05, 0.1) is 12.1 Å². The van der Waals surface area contributed by atoms with Crippen LogP contribution in [0.4, 0.5) is 4.79 Å². The van der Waals surface area contributed by atoms with Gasteiger partial charge in [0.25, 0.3) is 0 Å². The molecule has 0 aromatic heterocycles. The van der Waals surface area contributed by atoms with Crippen LogP contribution in [-0.4, -0.2) is 77.3 Å². The summed E-state index contributed by atoms with van der Waals surface area (Å²) < 4.78 is 5.55. The lowest BCUT2D eigenvalue weighted by molar-refractivity contribution is -0.154. The summed E-state index contributed by atoms with van der Waals surface area (Å²) in [5, 5.41) is 1.71. The van der Waals surface area contributed by atoms with E-state index < -0.39 is 5.60 Å². The van der Waals surface area contributed by atoms with Crippen LogP contribution in [-0.2, 0) is 9.57 Å². The summed E-state index contributed by atoms with van der Waals surface area (Å²) >= 11 is 0. The molecule has 27 heavy (non-hydrogen) atoms. The maximum Gasteiger partial charge on any atom is 0.410 e. The van der Waals surface area contributed by atoms with Gasteiger partial charge in [-0.15, -0.1) is 5.06 Å². The summed E-state index contributed by atoms with van der Waals surface area (Å²) in [4.78, 5) is 34.5. The molecular formula is C20H29N3O4. The maximum atomic E-state index is 12.5. The van der Waals surface area contributed by atoms with Gasteiger partial charge in [-0.2, -0.15) is 0 Å². The highest BCUT2D eigenvalue weighted by Gasteiger charge is 2.39. The first kappa shape index (κ1) is 19.6. The molecule has 2 aliphatic heterocycles. The Bertz CT molecular complexity index is 674. The Morgan fingerprint density at radius 3 is 2.41 bits per heavy atom. The molecule has 0 radical (unpaired) electrons. The molecule has 0 unspecified atom stereocenters. The summed E-state index contributed by atoms with van der Waals surface area (Å²) in [6.45, 7) is 11.1. The number of carbonyl (C=O) groups is 2. The summed E-state index contributed by atoms with van der Waals surface area (Å²) in [5.41, 5.74) is 0.0187. The van der Waals surface area contributed by atoms with Gasteiger partial charge in [0, 0.05) is 38.3 Å². The first-order chi connectivity index (χ1) is 12.7. The fourth-order valence-corrected chi connectivity index (χ4v) is 3.53. The Morgan fingerprint density at radius 1 is 1.04 bits per heavy atom. The van der Waals surface area contributed by atoms with Gasteiger partial charge in [0.15, 0.2) is 0 Å². The van der Waals surface area contributed by atoms with Gasteiger partial charge < -0.3 is 14.5 Å². The summed E-state index contributed by atoms with van der Waals surface area (Å²) in [7, 11) is 0. The summed E-state index contributed by atoms with van der Waals surface area (Å²) in [6.07, 6.45) is -0.284. The zero-order valence-corrected chi connectivity index (χ0v) is 16.6. The number of rotatable bonds is 2. The normalized spacial score (nSPS) is 24.2. The second kappa shape index (κ2) is 7.86. The van der Waals surface area contributed by atoms with Crippen LogP contribution in [0, 0.1) is 0 Å². The SMILES string of the molecule is C[C@H]1CN2CCN(OC(=O)c3ccccc3)C[C@H]2CN1C(=O)OC(C)(C)C. The lowest BCUT2D eigenvalue weighted by Gasteiger charge is -2.49. The Hall–Kier alpha value is -2.12. The highest BCUT2D eigenvalue weighted by atomic mass is 16.7. The van der Waals surface area contributed by atoms with Gasteiger partial charge in [0.1, 0.15) is 5.60 Å². The van der Waals surface area contributed by atoms with Gasteiger partial charge in [-0.05, 0) is 39.8 Å². The highest BCUT2D eigenvalue weighted by molar-refractivity contribution is 5.89. The minimum absolute atomic E-state index is 0.0921. The highest BCUT2D eigenvalue weighted by Crippen LogP contribution is 2.22. The van der Waals surface area contributed by atoms with Crippen molar-refractivity contribution in [1.82, 2.24) is 14.9 Å². The molecule has 0 bridgehead atoms. The predicted octanol–water partition coefficient (Wildman–Crippen LogP) is 2.38. The van der Waals surface area contributed by atoms with E-state index in [4.69, 9.17) is 9.57 Å². The van der Waals surface area contributed by atoms with E-state index >= 15 is 0 Å². The van der Waals surface area contributed by atoms with E-state index in [0.717, 1.165) is 13.1 Å². The molecule has 7 heteroatoms. The first-order valence-electron chi connectivity index (χ1n) is 9.49. The molecule has 1 aromatic carbocycles. The monoisotopic (exact) mass is 375 g/mol. The number of hydrogen-bond acceptors (Lipinski definition) is 6.